The van der Waals surface area contributed by atoms with E-state index in [1.165, 1.54) is 4.31 Å². The van der Waals surface area contributed by atoms with Crippen molar-refractivity contribution >= 4 is 21.6 Å². The number of sulfonamides is 1. The number of carbonyl (C=O) groups excluding carboxylic acids is 1. The highest BCUT2D eigenvalue weighted by atomic mass is 32.2. The minimum Gasteiger partial charge on any atom is -0.360 e. The molecule has 0 saturated carbocycles. The number of para-hydroxylation sites is 1. The summed E-state index contributed by atoms with van der Waals surface area (Å²) in [6.45, 7) is 3.44. The third kappa shape index (κ3) is 2.94. The molecule has 1 amide bonds. The van der Waals surface area contributed by atoms with Gasteiger partial charge in [0.25, 0.3) is 0 Å². The summed E-state index contributed by atoms with van der Waals surface area (Å²) in [7, 11) is -3.83. The molecule has 1 aliphatic rings. The molecule has 2 aromatic rings. The van der Waals surface area contributed by atoms with E-state index in [0.717, 1.165) is 0 Å². The molecule has 128 valence electrons. The van der Waals surface area contributed by atoms with Crippen molar-refractivity contribution in [2.75, 3.05) is 11.9 Å². The van der Waals surface area contributed by atoms with Crippen LogP contribution in [-0.2, 0) is 14.8 Å². The van der Waals surface area contributed by atoms with Crippen molar-refractivity contribution in [3.05, 3.63) is 41.8 Å². The average molecular weight is 349 g/mol. The lowest BCUT2D eigenvalue weighted by Gasteiger charge is -2.23. The standard InChI is InChI=1S/C16H19N3O4S/c1-11-15(12(2)23-18-11)24(21,22)19-10-6-9-14(19)16(20)17-13-7-4-3-5-8-13/h3-5,7-8,14H,6,9-10H2,1-2H3,(H,17,20)/t14-/m1/s1. The molecule has 8 heteroatoms. The maximum Gasteiger partial charge on any atom is 0.249 e. The molecule has 0 aliphatic carbocycles. The van der Waals surface area contributed by atoms with E-state index in [0.29, 0.717) is 30.8 Å². The van der Waals surface area contributed by atoms with Gasteiger partial charge in [0.05, 0.1) is 0 Å². The summed E-state index contributed by atoms with van der Waals surface area (Å²) in [5, 5.41) is 6.49. The van der Waals surface area contributed by atoms with Gasteiger partial charge < -0.3 is 9.84 Å². The first kappa shape index (κ1) is 16.7. The van der Waals surface area contributed by atoms with Gasteiger partial charge in [-0.3, -0.25) is 4.79 Å². The van der Waals surface area contributed by atoms with E-state index in [9.17, 15) is 13.2 Å². The fraction of sp³-hybridized carbons (Fsp3) is 0.375. The number of aryl methyl sites for hydroxylation is 2. The van der Waals surface area contributed by atoms with Crippen LogP contribution in [-0.4, -0.2) is 36.4 Å². The molecule has 1 fully saturated rings. The van der Waals surface area contributed by atoms with Crippen LogP contribution in [0.25, 0.3) is 0 Å². The van der Waals surface area contributed by atoms with Gasteiger partial charge in [0, 0.05) is 12.2 Å². The van der Waals surface area contributed by atoms with Crippen LogP contribution in [0, 0.1) is 13.8 Å². The predicted octanol–water partition coefficient (Wildman–Crippen LogP) is 2.08. The molecule has 1 N–H and O–H groups in total. The van der Waals surface area contributed by atoms with Crippen LogP contribution in [0.4, 0.5) is 5.69 Å². The molecule has 0 spiro atoms. The van der Waals surface area contributed by atoms with E-state index in [4.69, 9.17) is 4.52 Å². The first-order valence-corrected chi connectivity index (χ1v) is 9.16. The average Bonchev–Trinajstić information content (AvgIpc) is 3.16. The van der Waals surface area contributed by atoms with Crippen LogP contribution in [0.1, 0.15) is 24.3 Å². The fourth-order valence-electron chi connectivity index (χ4n) is 3.00. The number of rotatable bonds is 4. The Balaban J connectivity index is 1.86. The summed E-state index contributed by atoms with van der Waals surface area (Å²) >= 11 is 0. The first-order valence-electron chi connectivity index (χ1n) is 7.72. The maximum absolute atomic E-state index is 13.0. The van der Waals surface area contributed by atoms with Gasteiger partial charge in [-0.1, -0.05) is 23.4 Å². The third-order valence-electron chi connectivity index (χ3n) is 4.08. The molecule has 1 saturated heterocycles. The first-order chi connectivity index (χ1) is 11.4. The van der Waals surface area contributed by atoms with Gasteiger partial charge in [-0.15, -0.1) is 0 Å². The summed E-state index contributed by atoms with van der Waals surface area (Å²) in [6.07, 6.45) is 1.12. The highest BCUT2D eigenvalue weighted by molar-refractivity contribution is 7.89. The monoisotopic (exact) mass is 349 g/mol. The minimum absolute atomic E-state index is 0.0573. The van der Waals surface area contributed by atoms with Crippen molar-refractivity contribution in [2.24, 2.45) is 0 Å². The zero-order valence-electron chi connectivity index (χ0n) is 13.5. The SMILES string of the molecule is Cc1noc(C)c1S(=O)(=O)N1CCC[C@@H]1C(=O)Nc1ccccc1. The molecular formula is C16H19N3O4S. The summed E-state index contributed by atoms with van der Waals surface area (Å²) < 4.78 is 32.1. The summed E-state index contributed by atoms with van der Waals surface area (Å²) in [4.78, 5) is 12.6. The van der Waals surface area contributed by atoms with E-state index in [1.807, 2.05) is 18.2 Å². The molecule has 0 radical (unpaired) electrons. The number of carbonyl (C=O) groups is 1. The Hall–Kier alpha value is -2.19. The van der Waals surface area contributed by atoms with Gasteiger partial charge >= 0.3 is 0 Å². The molecule has 7 nitrogen and oxygen atoms in total. The van der Waals surface area contributed by atoms with Gasteiger partial charge in [-0.05, 0) is 38.8 Å². The van der Waals surface area contributed by atoms with Crippen molar-refractivity contribution in [1.29, 1.82) is 0 Å². The van der Waals surface area contributed by atoms with E-state index in [-0.39, 0.29) is 16.6 Å². The maximum atomic E-state index is 13.0. The van der Waals surface area contributed by atoms with Gasteiger partial charge in [0.1, 0.15) is 16.6 Å². The number of amides is 1. The second-order valence-electron chi connectivity index (χ2n) is 5.78. The van der Waals surface area contributed by atoms with Crippen molar-refractivity contribution in [2.45, 2.75) is 37.6 Å². The van der Waals surface area contributed by atoms with Gasteiger partial charge in [0.15, 0.2) is 5.76 Å². The normalized spacial score (nSPS) is 18.7. The topological polar surface area (TPSA) is 92.5 Å². The highest BCUT2D eigenvalue weighted by Gasteiger charge is 2.41. The van der Waals surface area contributed by atoms with E-state index in [1.54, 1.807) is 26.0 Å². The van der Waals surface area contributed by atoms with Crippen molar-refractivity contribution in [1.82, 2.24) is 9.46 Å². The molecule has 0 bridgehead atoms. The van der Waals surface area contributed by atoms with Crippen molar-refractivity contribution in [3.8, 4) is 0 Å². The van der Waals surface area contributed by atoms with Crippen LogP contribution < -0.4 is 5.32 Å². The molecule has 24 heavy (non-hydrogen) atoms. The molecular weight excluding hydrogens is 330 g/mol. The smallest absolute Gasteiger partial charge is 0.249 e. The number of nitrogens with one attached hydrogen (secondary N) is 1. The number of anilines is 1. The quantitative estimate of drug-likeness (QED) is 0.912. The second-order valence-corrected chi connectivity index (χ2v) is 7.61. The van der Waals surface area contributed by atoms with Crippen molar-refractivity contribution in [3.63, 3.8) is 0 Å². The van der Waals surface area contributed by atoms with Gasteiger partial charge in [-0.2, -0.15) is 4.31 Å². The summed E-state index contributed by atoms with van der Waals surface area (Å²) in [5.41, 5.74) is 0.950. The molecule has 1 aromatic heterocycles. The van der Waals surface area contributed by atoms with E-state index >= 15 is 0 Å². The lowest BCUT2D eigenvalue weighted by Crippen LogP contribution is -2.43. The highest BCUT2D eigenvalue weighted by Crippen LogP contribution is 2.30. The van der Waals surface area contributed by atoms with Gasteiger partial charge in [0.2, 0.25) is 15.9 Å². The van der Waals surface area contributed by atoms with Crippen LogP contribution in [0.3, 0.4) is 0 Å². The minimum atomic E-state index is -3.83. The number of aromatic nitrogens is 1. The summed E-state index contributed by atoms with van der Waals surface area (Å²) in [6, 6.07) is 8.26. The Labute approximate surface area is 140 Å². The van der Waals surface area contributed by atoms with E-state index in [2.05, 4.69) is 10.5 Å². The van der Waals surface area contributed by atoms with Crippen LogP contribution in [0.2, 0.25) is 0 Å². The molecule has 1 atom stereocenters. The zero-order valence-corrected chi connectivity index (χ0v) is 14.3. The van der Waals surface area contributed by atoms with E-state index < -0.39 is 16.1 Å². The fourth-order valence-corrected chi connectivity index (χ4v) is 4.95. The Bertz CT molecular complexity index is 826. The number of hydrogen-bond acceptors (Lipinski definition) is 5. The second kappa shape index (κ2) is 6.37. The number of benzene rings is 1. The number of hydrogen-bond donors (Lipinski definition) is 1. The lowest BCUT2D eigenvalue weighted by molar-refractivity contribution is -0.119. The Morgan fingerprint density at radius 1 is 1.29 bits per heavy atom. The summed E-state index contributed by atoms with van der Waals surface area (Å²) in [5.74, 6) is -0.0874. The largest absolute Gasteiger partial charge is 0.360 e. The predicted molar refractivity (Wildman–Crippen MR) is 88.0 cm³/mol. The van der Waals surface area contributed by atoms with Crippen LogP contribution in [0.5, 0.6) is 0 Å². The van der Waals surface area contributed by atoms with Crippen LogP contribution >= 0.6 is 0 Å². The lowest BCUT2D eigenvalue weighted by atomic mass is 10.2. The Morgan fingerprint density at radius 2 is 2.00 bits per heavy atom. The van der Waals surface area contributed by atoms with Crippen molar-refractivity contribution < 1.29 is 17.7 Å². The molecule has 2 heterocycles. The third-order valence-corrected chi connectivity index (χ3v) is 6.24. The van der Waals surface area contributed by atoms with Gasteiger partial charge in [-0.25, -0.2) is 8.42 Å². The zero-order chi connectivity index (χ0) is 17.3. The molecule has 1 aromatic carbocycles. The Kier molecular flexibility index (Phi) is 4.42. The number of nitrogens with zero attached hydrogens (tertiary/aromatic N) is 2. The molecule has 1 aliphatic heterocycles. The Morgan fingerprint density at radius 3 is 2.62 bits per heavy atom. The molecule has 3 rings (SSSR count). The van der Waals surface area contributed by atoms with Crippen LogP contribution in [0.15, 0.2) is 39.8 Å². The molecule has 0 unspecified atom stereocenters.